The molecular formula is C20H22F3N7O2. The predicted octanol–water partition coefficient (Wildman–Crippen LogP) is 2.42. The van der Waals surface area contributed by atoms with E-state index in [9.17, 15) is 18.0 Å². The van der Waals surface area contributed by atoms with Crippen LogP contribution in [0.5, 0.6) is 5.75 Å². The number of ether oxygens (including phenoxy) is 1. The van der Waals surface area contributed by atoms with E-state index < -0.39 is 18.7 Å². The van der Waals surface area contributed by atoms with Gasteiger partial charge in [0.2, 0.25) is 0 Å². The molecule has 9 nitrogen and oxygen atoms in total. The van der Waals surface area contributed by atoms with E-state index in [0.717, 1.165) is 19.6 Å². The maximum atomic E-state index is 12.8. The van der Waals surface area contributed by atoms with Gasteiger partial charge in [0.25, 0.3) is 5.91 Å². The number of alkyl halides is 3. The third-order valence-corrected chi connectivity index (χ3v) is 4.90. The number of carbonyl (C=O) groups is 1. The van der Waals surface area contributed by atoms with Gasteiger partial charge in [0.05, 0.1) is 11.3 Å². The zero-order valence-electron chi connectivity index (χ0n) is 17.5. The van der Waals surface area contributed by atoms with Gasteiger partial charge in [-0.25, -0.2) is 4.98 Å². The summed E-state index contributed by atoms with van der Waals surface area (Å²) in [4.78, 5) is 19.1. The number of imidazole rings is 1. The van der Waals surface area contributed by atoms with Crippen LogP contribution in [0.15, 0.2) is 30.6 Å². The number of amides is 1. The fourth-order valence-corrected chi connectivity index (χ4v) is 3.48. The second kappa shape index (κ2) is 8.61. The van der Waals surface area contributed by atoms with E-state index in [0.29, 0.717) is 23.2 Å². The lowest BCUT2D eigenvalue weighted by atomic mass is 10.2. The largest absolute Gasteiger partial charge is 0.483 e. The first-order valence-corrected chi connectivity index (χ1v) is 10.0. The second-order valence-corrected chi connectivity index (χ2v) is 7.64. The number of pyridine rings is 1. The lowest BCUT2D eigenvalue weighted by Gasteiger charge is -2.32. The summed E-state index contributed by atoms with van der Waals surface area (Å²) in [5.74, 6) is -0.0444. The molecule has 1 aliphatic heterocycles. The van der Waals surface area contributed by atoms with Crippen LogP contribution in [-0.4, -0.2) is 63.9 Å². The Hall–Kier alpha value is -3.41. The highest BCUT2D eigenvalue weighted by atomic mass is 19.4. The molecule has 0 bridgehead atoms. The monoisotopic (exact) mass is 449 g/mol. The molecule has 3 aromatic rings. The van der Waals surface area contributed by atoms with Gasteiger partial charge in [-0.05, 0) is 26.0 Å². The van der Waals surface area contributed by atoms with Crippen LogP contribution in [0.1, 0.15) is 23.0 Å². The number of fused-ring (bicyclic) bond motifs is 1. The Morgan fingerprint density at radius 1 is 1.31 bits per heavy atom. The smallest absolute Gasteiger partial charge is 0.422 e. The Balaban J connectivity index is 1.54. The van der Waals surface area contributed by atoms with Crippen molar-refractivity contribution >= 4 is 23.2 Å². The number of carbonyl (C=O) groups excluding carboxylic acids is 1. The lowest BCUT2D eigenvalue weighted by Crippen LogP contribution is -2.49. The molecule has 32 heavy (non-hydrogen) atoms. The van der Waals surface area contributed by atoms with Gasteiger partial charge >= 0.3 is 6.18 Å². The number of piperazine rings is 1. The lowest BCUT2D eigenvalue weighted by molar-refractivity contribution is -0.153. The SMILES string of the molecule is Cc1cn2cc(C(=O)Nc3ccc(N4CCNC(C)C4)nn3)c(OCC(F)(F)F)cc2n1. The van der Waals surface area contributed by atoms with Crippen molar-refractivity contribution in [3.63, 3.8) is 0 Å². The molecule has 4 rings (SSSR count). The fourth-order valence-electron chi connectivity index (χ4n) is 3.48. The summed E-state index contributed by atoms with van der Waals surface area (Å²) >= 11 is 0. The standard InChI is InChI=1S/C20H22F3N7O2/c1-12-8-29(6-5-24-12)17-4-3-16(27-28-17)26-19(31)14-10-30-9-13(2)25-18(30)7-15(14)32-11-20(21,22)23/h3-4,7,9-10,12,24H,5-6,8,11H2,1-2H3,(H,26,27,31). The number of aryl methyl sites for hydroxylation is 1. The van der Waals surface area contributed by atoms with Crippen molar-refractivity contribution in [2.24, 2.45) is 0 Å². The Morgan fingerprint density at radius 3 is 2.81 bits per heavy atom. The topological polar surface area (TPSA) is 96.7 Å². The van der Waals surface area contributed by atoms with Crippen LogP contribution in [0.3, 0.4) is 0 Å². The van der Waals surface area contributed by atoms with Gasteiger partial charge in [-0.2, -0.15) is 13.2 Å². The maximum absolute atomic E-state index is 12.8. The summed E-state index contributed by atoms with van der Waals surface area (Å²) in [6.07, 6.45) is -1.52. The van der Waals surface area contributed by atoms with Gasteiger partial charge < -0.3 is 24.7 Å². The Morgan fingerprint density at radius 2 is 2.12 bits per heavy atom. The highest BCUT2D eigenvalue weighted by Crippen LogP contribution is 2.25. The van der Waals surface area contributed by atoms with Crippen LogP contribution in [0.2, 0.25) is 0 Å². The van der Waals surface area contributed by atoms with Crippen molar-refractivity contribution in [3.8, 4) is 5.75 Å². The molecule has 12 heteroatoms. The molecule has 3 aromatic heterocycles. The van der Waals surface area contributed by atoms with Crippen molar-refractivity contribution < 1.29 is 22.7 Å². The van der Waals surface area contributed by atoms with Crippen LogP contribution in [0, 0.1) is 6.92 Å². The molecular weight excluding hydrogens is 427 g/mol. The Kier molecular flexibility index (Phi) is 5.87. The molecule has 1 saturated heterocycles. The molecule has 0 spiro atoms. The van der Waals surface area contributed by atoms with E-state index in [1.54, 1.807) is 29.7 Å². The normalized spacial score (nSPS) is 16.9. The van der Waals surface area contributed by atoms with Gasteiger partial charge in [0, 0.05) is 44.1 Å². The van der Waals surface area contributed by atoms with Gasteiger partial charge in [0.1, 0.15) is 11.4 Å². The summed E-state index contributed by atoms with van der Waals surface area (Å²) in [5, 5.41) is 14.1. The number of halogens is 3. The molecule has 1 unspecified atom stereocenters. The van der Waals surface area contributed by atoms with Gasteiger partial charge in [-0.15, -0.1) is 10.2 Å². The first kappa shape index (κ1) is 21.8. The van der Waals surface area contributed by atoms with Crippen LogP contribution in [0.4, 0.5) is 24.8 Å². The molecule has 1 amide bonds. The van der Waals surface area contributed by atoms with Crippen molar-refractivity contribution in [2.75, 3.05) is 36.5 Å². The first-order chi connectivity index (χ1) is 15.2. The zero-order valence-corrected chi connectivity index (χ0v) is 17.5. The van der Waals surface area contributed by atoms with Crippen LogP contribution in [-0.2, 0) is 0 Å². The van der Waals surface area contributed by atoms with Crippen LogP contribution < -0.4 is 20.3 Å². The molecule has 1 fully saturated rings. The van der Waals surface area contributed by atoms with Gasteiger partial charge in [0.15, 0.2) is 18.2 Å². The molecule has 170 valence electrons. The molecule has 0 aliphatic carbocycles. The highest BCUT2D eigenvalue weighted by Gasteiger charge is 2.29. The summed E-state index contributed by atoms with van der Waals surface area (Å²) in [5.41, 5.74) is 0.930. The summed E-state index contributed by atoms with van der Waals surface area (Å²) in [6.45, 7) is 4.68. The van der Waals surface area contributed by atoms with Crippen molar-refractivity contribution in [2.45, 2.75) is 26.1 Å². The maximum Gasteiger partial charge on any atom is 0.422 e. The van der Waals surface area contributed by atoms with Gasteiger partial charge in [-0.1, -0.05) is 0 Å². The average molecular weight is 449 g/mol. The van der Waals surface area contributed by atoms with Crippen molar-refractivity contribution in [3.05, 3.63) is 41.9 Å². The summed E-state index contributed by atoms with van der Waals surface area (Å²) in [6, 6.07) is 4.96. The molecule has 0 aromatic carbocycles. The quantitative estimate of drug-likeness (QED) is 0.618. The predicted molar refractivity (Wildman–Crippen MR) is 111 cm³/mol. The average Bonchev–Trinajstić information content (AvgIpc) is 3.10. The van der Waals surface area contributed by atoms with Crippen molar-refractivity contribution in [1.82, 2.24) is 24.9 Å². The third-order valence-electron chi connectivity index (χ3n) is 4.90. The number of anilines is 2. The van der Waals surface area contributed by atoms with Crippen LogP contribution in [0.25, 0.3) is 5.65 Å². The molecule has 1 atom stereocenters. The van der Waals surface area contributed by atoms with E-state index >= 15 is 0 Å². The summed E-state index contributed by atoms with van der Waals surface area (Å²) in [7, 11) is 0. The Bertz CT molecular complexity index is 1110. The number of nitrogens with one attached hydrogen (secondary N) is 2. The fraction of sp³-hybridized carbons (Fsp3) is 0.400. The van der Waals surface area contributed by atoms with Gasteiger partial charge in [-0.3, -0.25) is 4.79 Å². The van der Waals surface area contributed by atoms with Crippen LogP contribution >= 0.6 is 0 Å². The minimum atomic E-state index is -4.55. The van der Waals surface area contributed by atoms with Crippen molar-refractivity contribution in [1.29, 1.82) is 0 Å². The first-order valence-electron chi connectivity index (χ1n) is 10.0. The number of hydrogen-bond acceptors (Lipinski definition) is 7. The van der Waals surface area contributed by atoms with E-state index in [-0.39, 0.29) is 17.1 Å². The molecule has 0 saturated carbocycles. The highest BCUT2D eigenvalue weighted by molar-refractivity contribution is 6.05. The molecule has 1 aliphatic rings. The number of rotatable bonds is 5. The van der Waals surface area contributed by atoms with E-state index in [1.807, 2.05) is 0 Å². The number of nitrogens with zero attached hydrogens (tertiary/aromatic N) is 5. The molecule has 4 heterocycles. The Labute approximate surface area is 181 Å². The number of aromatic nitrogens is 4. The second-order valence-electron chi connectivity index (χ2n) is 7.64. The minimum Gasteiger partial charge on any atom is -0.483 e. The molecule has 2 N–H and O–H groups in total. The number of hydrogen-bond donors (Lipinski definition) is 2. The minimum absolute atomic E-state index is 0.0824. The zero-order chi connectivity index (χ0) is 22.9. The van der Waals surface area contributed by atoms with E-state index in [2.05, 4.69) is 37.6 Å². The third kappa shape index (κ3) is 5.07. The van der Waals surface area contributed by atoms with E-state index in [4.69, 9.17) is 4.74 Å². The van der Waals surface area contributed by atoms with E-state index in [1.165, 1.54) is 12.3 Å². The summed E-state index contributed by atoms with van der Waals surface area (Å²) < 4.78 is 44.5. The molecule has 0 radical (unpaired) electrons.